The summed E-state index contributed by atoms with van der Waals surface area (Å²) in [6.07, 6.45) is 7.96. The van der Waals surface area contributed by atoms with Crippen LogP contribution >= 0.6 is 0 Å². The first kappa shape index (κ1) is 16.0. The molecule has 2 N–H and O–H groups in total. The summed E-state index contributed by atoms with van der Waals surface area (Å²) in [5, 5.41) is 13.7. The second-order valence-corrected chi connectivity index (χ2v) is 5.87. The first-order chi connectivity index (χ1) is 8.82. The molecule has 0 amide bonds. The number of rotatable bonds is 5. The Balaban J connectivity index is 2.43. The van der Waals surface area contributed by atoms with Crippen LogP contribution in [0.5, 0.6) is 0 Å². The second-order valence-electron chi connectivity index (χ2n) is 5.87. The molecule has 4 heteroatoms. The van der Waals surface area contributed by atoms with Crippen molar-refractivity contribution in [3.63, 3.8) is 0 Å². The van der Waals surface area contributed by atoms with E-state index in [0.717, 1.165) is 0 Å². The van der Waals surface area contributed by atoms with Gasteiger partial charge in [0.25, 0.3) is 0 Å². The van der Waals surface area contributed by atoms with Crippen LogP contribution in [0.4, 0.5) is 0 Å². The minimum Gasteiger partial charge on any atom is -0.466 e. The number of carbonyl (C=O) groups excluding carboxylic acids is 1. The average Bonchev–Trinajstić information content (AvgIpc) is 2.38. The second kappa shape index (κ2) is 6.40. The fourth-order valence-electron chi connectivity index (χ4n) is 2.26. The third-order valence-electron chi connectivity index (χ3n) is 3.76. The fourth-order valence-corrected chi connectivity index (χ4v) is 2.26. The Hall–Kier alpha value is -1.05. The highest BCUT2D eigenvalue weighted by Crippen LogP contribution is 2.32. The molecular weight excluding hydrogens is 242 g/mol. The molecule has 1 rings (SSSR count). The van der Waals surface area contributed by atoms with Crippen LogP contribution < -0.4 is 5.32 Å². The summed E-state index contributed by atoms with van der Waals surface area (Å²) in [6.45, 7) is 6.49. The molecule has 0 aliphatic heterocycles. The zero-order chi connectivity index (χ0) is 14.5. The molecule has 19 heavy (non-hydrogen) atoms. The Morgan fingerprint density at radius 1 is 1.53 bits per heavy atom. The molecular formula is C15H25NO3. The van der Waals surface area contributed by atoms with Crippen molar-refractivity contribution >= 4 is 5.97 Å². The van der Waals surface area contributed by atoms with Crippen molar-refractivity contribution in [1.29, 1.82) is 0 Å². The largest absolute Gasteiger partial charge is 0.466 e. The summed E-state index contributed by atoms with van der Waals surface area (Å²) < 4.78 is 5.02. The van der Waals surface area contributed by atoms with Crippen molar-refractivity contribution in [1.82, 2.24) is 5.32 Å². The first-order valence-corrected chi connectivity index (χ1v) is 6.94. The van der Waals surface area contributed by atoms with E-state index in [1.54, 1.807) is 0 Å². The van der Waals surface area contributed by atoms with E-state index in [-0.39, 0.29) is 11.9 Å². The van der Waals surface area contributed by atoms with E-state index >= 15 is 0 Å². The Morgan fingerprint density at radius 2 is 2.11 bits per heavy atom. The summed E-state index contributed by atoms with van der Waals surface area (Å²) in [4.78, 5) is 11.6. The van der Waals surface area contributed by atoms with Gasteiger partial charge in [-0.25, -0.2) is 0 Å². The molecule has 1 saturated carbocycles. The Labute approximate surface area is 115 Å². The molecule has 0 radical (unpaired) electrons. The molecule has 0 aromatic carbocycles. The maximum atomic E-state index is 11.6. The Bertz CT molecular complexity index is 349. The van der Waals surface area contributed by atoms with E-state index in [2.05, 4.69) is 11.2 Å². The number of hydrogen-bond donors (Lipinski definition) is 2. The lowest BCUT2D eigenvalue weighted by molar-refractivity contribution is -0.151. The number of terminal acetylenes is 1. The monoisotopic (exact) mass is 267 g/mol. The molecule has 0 aromatic rings. The van der Waals surface area contributed by atoms with E-state index in [1.807, 2.05) is 20.8 Å². The Kier molecular flexibility index (Phi) is 5.39. The SMILES string of the molecule is C#CC(C)(C)NCC1(O)CCC(C(=O)OCC)CC1. The van der Waals surface area contributed by atoms with Gasteiger partial charge in [0.05, 0.1) is 23.7 Å². The zero-order valence-electron chi connectivity index (χ0n) is 12.2. The lowest BCUT2D eigenvalue weighted by Gasteiger charge is -2.37. The van der Waals surface area contributed by atoms with Crippen molar-refractivity contribution < 1.29 is 14.6 Å². The fraction of sp³-hybridized carbons (Fsp3) is 0.800. The number of carbonyl (C=O) groups is 1. The molecule has 0 bridgehead atoms. The molecule has 1 fully saturated rings. The summed E-state index contributed by atoms with van der Waals surface area (Å²) in [5.74, 6) is 2.44. The van der Waals surface area contributed by atoms with Gasteiger partial charge in [-0.05, 0) is 46.5 Å². The normalized spacial score (nSPS) is 27.6. The highest BCUT2D eigenvalue weighted by atomic mass is 16.5. The topological polar surface area (TPSA) is 58.6 Å². The van der Waals surface area contributed by atoms with Crippen molar-refractivity contribution in [2.24, 2.45) is 5.92 Å². The predicted octanol–water partition coefficient (Wildman–Crippen LogP) is 1.47. The minimum absolute atomic E-state index is 0.0686. The lowest BCUT2D eigenvalue weighted by atomic mass is 9.78. The van der Waals surface area contributed by atoms with Crippen LogP contribution in [-0.4, -0.2) is 35.4 Å². The maximum Gasteiger partial charge on any atom is 0.308 e. The summed E-state index contributed by atoms with van der Waals surface area (Å²) in [5.41, 5.74) is -1.19. The number of aliphatic hydroxyl groups is 1. The van der Waals surface area contributed by atoms with Gasteiger partial charge < -0.3 is 9.84 Å². The molecule has 0 heterocycles. The van der Waals surface area contributed by atoms with Crippen molar-refractivity contribution in [2.75, 3.05) is 13.2 Å². The quantitative estimate of drug-likeness (QED) is 0.585. The molecule has 0 spiro atoms. The number of nitrogens with one attached hydrogen (secondary N) is 1. The number of hydrogen-bond acceptors (Lipinski definition) is 4. The van der Waals surface area contributed by atoms with Crippen LogP contribution in [0.25, 0.3) is 0 Å². The molecule has 4 nitrogen and oxygen atoms in total. The first-order valence-electron chi connectivity index (χ1n) is 6.94. The molecule has 0 unspecified atom stereocenters. The van der Waals surface area contributed by atoms with Crippen LogP contribution in [0, 0.1) is 18.3 Å². The maximum absolute atomic E-state index is 11.6. The third-order valence-corrected chi connectivity index (χ3v) is 3.76. The highest BCUT2D eigenvalue weighted by molar-refractivity contribution is 5.72. The van der Waals surface area contributed by atoms with E-state index in [0.29, 0.717) is 38.8 Å². The van der Waals surface area contributed by atoms with E-state index in [1.165, 1.54) is 0 Å². The van der Waals surface area contributed by atoms with Gasteiger partial charge in [0.15, 0.2) is 0 Å². The number of β-amino-alcohol motifs (C(OH)–C–C–N with tert-alkyl or cyclic N) is 1. The van der Waals surface area contributed by atoms with Gasteiger partial charge in [0.1, 0.15) is 0 Å². The van der Waals surface area contributed by atoms with Gasteiger partial charge in [-0.1, -0.05) is 5.92 Å². The van der Waals surface area contributed by atoms with Crippen LogP contribution in [0.3, 0.4) is 0 Å². The van der Waals surface area contributed by atoms with Crippen LogP contribution in [0.1, 0.15) is 46.5 Å². The molecule has 0 aromatic heterocycles. The van der Waals surface area contributed by atoms with Crippen molar-refractivity contribution in [3.05, 3.63) is 0 Å². The zero-order valence-corrected chi connectivity index (χ0v) is 12.2. The molecule has 1 aliphatic rings. The summed E-state index contributed by atoms with van der Waals surface area (Å²) >= 11 is 0. The Morgan fingerprint density at radius 3 is 2.58 bits per heavy atom. The standard InChI is InChI=1S/C15H25NO3/c1-5-14(3,4)16-11-15(18)9-7-12(8-10-15)13(17)19-6-2/h1,12,16,18H,6-11H2,2-4H3. The van der Waals surface area contributed by atoms with Crippen LogP contribution in [-0.2, 0) is 9.53 Å². The van der Waals surface area contributed by atoms with Crippen molar-refractivity contribution in [2.45, 2.75) is 57.6 Å². The van der Waals surface area contributed by atoms with Gasteiger partial charge in [-0.3, -0.25) is 10.1 Å². The predicted molar refractivity (Wildman–Crippen MR) is 74.5 cm³/mol. The highest BCUT2D eigenvalue weighted by Gasteiger charge is 2.37. The van der Waals surface area contributed by atoms with Gasteiger partial charge >= 0.3 is 5.97 Å². The smallest absolute Gasteiger partial charge is 0.308 e. The average molecular weight is 267 g/mol. The van der Waals surface area contributed by atoms with Crippen LogP contribution in [0.2, 0.25) is 0 Å². The summed E-state index contributed by atoms with van der Waals surface area (Å²) in [6, 6.07) is 0. The minimum atomic E-state index is -0.767. The molecule has 1 aliphatic carbocycles. The number of ether oxygens (including phenoxy) is 1. The summed E-state index contributed by atoms with van der Waals surface area (Å²) in [7, 11) is 0. The van der Waals surface area contributed by atoms with E-state index < -0.39 is 11.1 Å². The lowest BCUT2D eigenvalue weighted by Crippen LogP contribution is -2.50. The molecule has 0 atom stereocenters. The van der Waals surface area contributed by atoms with Gasteiger partial charge in [0.2, 0.25) is 0 Å². The van der Waals surface area contributed by atoms with Gasteiger partial charge in [0, 0.05) is 6.54 Å². The van der Waals surface area contributed by atoms with E-state index in [9.17, 15) is 9.90 Å². The number of esters is 1. The van der Waals surface area contributed by atoms with Crippen molar-refractivity contribution in [3.8, 4) is 12.3 Å². The van der Waals surface area contributed by atoms with Crippen LogP contribution in [0.15, 0.2) is 0 Å². The van der Waals surface area contributed by atoms with Gasteiger partial charge in [-0.15, -0.1) is 6.42 Å². The third kappa shape index (κ3) is 4.85. The van der Waals surface area contributed by atoms with Gasteiger partial charge in [-0.2, -0.15) is 0 Å². The molecule has 108 valence electrons. The molecule has 0 saturated heterocycles. The van der Waals surface area contributed by atoms with E-state index in [4.69, 9.17) is 11.2 Å².